The van der Waals surface area contributed by atoms with Crippen LogP contribution in [-0.4, -0.2) is 24.4 Å². The zero-order chi connectivity index (χ0) is 11.1. The zero-order valence-corrected chi connectivity index (χ0v) is 10.2. The molecule has 90 valence electrons. The molecule has 1 aliphatic rings. The van der Waals surface area contributed by atoms with Gasteiger partial charge in [-0.05, 0) is 43.9 Å². The molecule has 2 heteroatoms. The maximum Gasteiger partial charge on any atom is 0.0576 e. The van der Waals surface area contributed by atoms with Gasteiger partial charge in [-0.25, -0.2) is 0 Å². The van der Waals surface area contributed by atoms with Crippen LogP contribution in [0.3, 0.4) is 0 Å². The number of hydrogen-bond donors (Lipinski definition) is 1. The molecule has 0 radical (unpaired) electrons. The van der Waals surface area contributed by atoms with Gasteiger partial charge in [0.2, 0.25) is 0 Å². The van der Waals surface area contributed by atoms with Crippen molar-refractivity contribution >= 4 is 0 Å². The Morgan fingerprint density at radius 2 is 2.20 bits per heavy atom. The molecule has 15 heavy (non-hydrogen) atoms. The fraction of sp³-hybridized carbons (Fsp3) is 1.00. The Morgan fingerprint density at radius 1 is 1.40 bits per heavy atom. The number of hydrogen-bond acceptors (Lipinski definition) is 2. The highest BCUT2D eigenvalue weighted by Gasteiger charge is 2.16. The topological polar surface area (TPSA) is 29.5 Å². The molecule has 2 atom stereocenters. The molecular weight excluding hydrogens is 188 g/mol. The average molecular weight is 214 g/mol. The zero-order valence-electron chi connectivity index (χ0n) is 10.2. The first-order valence-electron chi connectivity index (χ1n) is 6.44. The molecular formula is C13H26O2. The van der Waals surface area contributed by atoms with Crippen molar-refractivity contribution in [2.45, 2.75) is 58.5 Å². The number of rotatable bonds is 7. The Morgan fingerprint density at radius 3 is 2.73 bits per heavy atom. The average Bonchev–Trinajstić information content (AvgIpc) is 2.68. The molecule has 1 rings (SSSR count). The smallest absolute Gasteiger partial charge is 0.0576 e. The predicted molar refractivity (Wildman–Crippen MR) is 62.9 cm³/mol. The summed E-state index contributed by atoms with van der Waals surface area (Å²) in [4.78, 5) is 0. The van der Waals surface area contributed by atoms with Crippen LogP contribution in [0.15, 0.2) is 0 Å². The molecule has 2 nitrogen and oxygen atoms in total. The second-order valence-corrected chi connectivity index (χ2v) is 5.24. The first kappa shape index (κ1) is 13.0. The minimum atomic E-state index is 0.351. The van der Waals surface area contributed by atoms with Crippen molar-refractivity contribution in [3.05, 3.63) is 0 Å². The van der Waals surface area contributed by atoms with Crippen molar-refractivity contribution in [3.63, 3.8) is 0 Å². The van der Waals surface area contributed by atoms with Crippen LogP contribution in [0.4, 0.5) is 0 Å². The third-order valence-corrected chi connectivity index (χ3v) is 3.23. The van der Waals surface area contributed by atoms with Gasteiger partial charge in [-0.1, -0.05) is 20.3 Å². The normalized spacial score (nSPS) is 23.6. The molecule has 0 aromatic rings. The van der Waals surface area contributed by atoms with Gasteiger partial charge >= 0.3 is 0 Å². The maximum absolute atomic E-state index is 9.24. The fourth-order valence-electron chi connectivity index (χ4n) is 2.46. The molecule has 1 heterocycles. The summed E-state index contributed by atoms with van der Waals surface area (Å²) in [5.74, 6) is 1.20. The summed E-state index contributed by atoms with van der Waals surface area (Å²) in [6.45, 7) is 5.76. The molecule has 1 aliphatic heterocycles. The fourth-order valence-corrected chi connectivity index (χ4v) is 2.46. The third kappa shape index (κ3) is 5.53. The van der Waals surface area contributed by atoms with Crippen LogP contribution in [0.2, 0.25) is 0 Å². The van der Waals surface area contributed by atoms with Crippen molar-refractivity contribution in [1.82, 2.24) is 0 Å². The predicted octanol–water partition coefficient (Wildman–Crippen LogP) is 2.99. The Kier molecular flexibility index (Phi) is 6.26. The van der Waals surface area contributed by atoms with Gasteiger partial charge in [0, 0.05) is 13.2 Å². The maximum atomic E-state index is 9.24. The molecule has 2 unspecified atom stereocenters. The van der Waals surface area contributed by atoms with E-state index in [0.717, 1.165) is 19.4 Å². The summed E-state index contributed by atoms with van der Waals surface area (Å²) >= 11 is 0. The van der Waals surface area contributed by atoms with E-state index in [4.69, 9.17) is 4.74 Å². The highest BCUT2D eigenvalue weighted by atomic mass is 16.5. The first-order chi connectivity index (χ1) is 7.22. The minimum absolute atomic E-state index is 0.351. The van der Waals surface area contributed by atoms with Gasteiger partial charge in [0.05, 0.1) is 6.10 Å². The van der Waals surface area contributed by atoms with E-state index < -0.39 is 0 Å². The summed E-state index contributed by atoms with van der Waals surface area (Å²) in [5.41, 5.74) is 0. The van der Waals surface area contributed by atoms with Crippen LogP contribution in [0.1, 0.15) is 52.4 Å². The van der Waals surface area contributed by atoms with Crippen LogP contribution >= 0.6 is 0 Å². The van der Waals surface area contributed by atoms with E-state index >= 15 is 0 Å². The van der Waals surface area contributed by atoms with Crippen molar-refractivity contribution in [2.75, 3.05) is 13.2 Å². The molecule has 0 spiro atoms. The van der Waals surface area contributed by atoms with Crippen molar-refractivity contribution < 1.29 is 9.84 Å². The lowest BCUT2D eigenvalue weighted by molar-refractivity contribution is 0.0982. The van der Waals surface area contributed by atoms with E-state index in [0.29, 0.717) is 24.5 Å². The Hall–Kier alpha value is -0.0800. The van der Waals surface area contributed by atoms with E-state index in [1.54, 1.807) is 0 Å². The lowest BCUT2D eigenvalue weighted by Gasteiger charge is -2.17. The van der Waals surface area contributed by atoms with Gasteiger partial charge in [-0.3, -0.25) is 0 Å². The third-order valence-electron chi connectivity index (χ3n) is 3.23. The van der Waals surface area contributed by atoms with Crippen molar-refractivity contribution in [1.29, 1.82) is 0 Å². The lowest BCUT2D eigenvalue weighted by atomic mass is 9.92. The van der Waals surface area contributed by atoms with Crippen LogP contribution in [-0.2, 0) is 4.74 Å². The van der Waals surface area contributed by atoms with Crippen LogP contribution < -0.4 is 0 Å². The van der Waals surface area contributed by atoms with Crippen LogP contribution in [0.5, 0.6) is 0 Å². The molecule has 1 fully saturated rings. The van der Waals surface area contributed by atoms with Gasteiger partial charge < -0.3 is 9.84 Å². The number of aliphatic hydroxyl groups is 1. The Labute approximate surface area is 94.0 Å². The molecule has 0 aromatic heterocycles. The second-order valence-electron chi connectivity index (χ2n) is 5.24. The summed E-state index contributed by atoms with van der Waals surface area (Å²) in [6, 6.07) is 0. The van der Waals surface area contributed by atoms with Gasteiger partial charge in [0.15, 0.2) is 0 Å². The highest BCUT2D eigenvalue weighted by molar-refractivity contribution is 4.67. The lowest BCUT2D eigenvalue weighted by Crippen LogP contribution is -2.11. The van der Waals surface area contributed by atoms with Gasteiger partial charge in [0.1, 0.15) is 0 Å². The van der Waals surface area contributed by atoms with E-state index in [-0.39, 0.29) is 0 Å². The van der Waals surface area contributed by atoms with E-state index in [1.165, 1.54) is 25.7 Å². The van der Waals surface area contributed by atoms with Crippen molar-refractivity contribution in [2.24, 2.45) is 11.8 Å². The molecule has 0 aliphatic carbocycles. The Bertz CT molecular complexity index is 151. The monoisotopic (exact) mass is 214 g/mol. The minimum Gasteiger partial charge on any atom is -0.396 e. The van der Waals surface area contributed by atoms with Crippen molar-refractivity contribution in [3.8, 4) is 0 Å². The van der Waals surface area contributed by atoms with E-state index in [1.807, 2.05) is 0 Å². The summed E-state index contributed by atoms with van der Waals surface area (Å²) < 4.78 is 5.59. The summed E-state index contributed by atoms with van der Waals surface area (Å²) in [7, 11) is 0. The first-order valence-corrected chi connectivity index (χ1v) is 6.44. The highest BCUT2D eigenvalue weighted by Crippen LogP contribution is 2.22. The van der Waals surface area contributed by atoms with Gasteiger partial charge in [0.25, 0.3) is 0 Å². The molecule has 1 N–H and O–H groups in total. The quantitative estimate of drug-likeness (QED) is 0.706. The number of aliphatic hydroxyl groups excluding tert-OH is 1. The number of ether oxygens (including phenoxy) is 1. The molecule has 0 amide bonds. The molecule has 0 bridgehead atoms. The van der Waals surface area contributed by atoms with Crippen LogP contribution in [0.25, 0.3) is 0 Å². The summed E-state index contributed by atoms with van der Waals surface area (Å²) in [6.07, 6.45) is 7.71. The largest absolute Gasteiger partial charge is 0.396 e. The van der Waals surface area contributed by atoms with E-state index in [2.05, 4.69) is 13.8 Å². The van der Waals surface area contributed by atoms with E-state index in [9.17, 15) is 5.11 Å². The van der Waals surface area contributed by atoms with Gasteiger partial charge in [-0.15, -0.1) is 0 Å². The summed E-state index contributed by atoms with van der Waals surface area (Å²) in [5, 5.41) is 9.24. The second kappa shape index (κ2) is 7.24. The molecule has 0 aromatic carbocycles. The molecule has 1 saturated heterocycles. The Balaban J connectivity index is 2.05. The SMILES string of the molecule is CC(C)CC(CO)CCCC1CCCO1. The van der Waals surface area contributed by atoms with Gasteiger partial charge in [-0.2, -0.15) is 0 Å². The molecule has 0 saturated carbocycles. The standard InChI is InChI=1S/C13H26O2/c1-11(2)9-12(10-14)5-3-6-13-7-4-8-15-13/h11-14H,3-10H2,1-2H3. The van der Waals surface area contributed by atoms with Crippen LogP contribution in [0, 0.1) is 11.8 Å².